The summed E-state index contributed by atoms with van der Waals surface area (Å²) in [5, 5.41) is 0. The van der Waals surface area contributed by atoms with Crippen LogP contribution in [0, 0.1) is 0 Å². The van der Waals surface area contributed by atoms with E-state index < -0.39 is 5.97 Å². The highest BCUT2D eigenvalue weighted by molar-refractivity contribution is 6.17. The van der Waals surface area contributed by atoms with Gasteiger partial charge in [0.2, 0.25) is 0 Å². The molecule has 0 atom stereocenters. The van der Waals surface area contributed by atoms with Crippen LogP contribution < -0.4 is 4.90 Å². The van der Waals surface area contributed by atoms with Crippen LogP contribution in [0.4, 0.5) is 0 Å². The molecule has 0 radical (unpaired) electrons. The number of carbonyl (C=O) groups is 2. The van der Waals surface area contributed by atoms with E-state index in [-0.39, 0.29) is 11.4 Å². The van der Waals surface area contributed by atoms with Crippen molar-refractivity contribution < 1.29 is 19.2 Å². The fraction of sp³-hybridized carbons (Fsp3) is 0.375. The van der Waals surface area contributed by atoms with Crippen molar-refractivity contribution in [1.29, 1.82) is 0 Å². The molecule has 0 spiro atoms. The standard InChI is InChI=1S/C16H24N2O3/c1-13(19)15(16(20)21-6)14(18(4)5)11-9-7-8-10-12-17(2)3/h7-12H,1-6H3/p+1/b8-7+,11-9+,12-10+,15-14+. The molecule has 5 heteroatoms. The first-order chi connectivity index (χ1) is 9.81. The predicted octanol–water partition coefficient (Wildman–Crippen LogP) is 0.335. The van der Waals surface area contributed by atoms with Gasteiger partial charge in [-0.2, -0.15) is 0 Å². The maximum atomic E-state index is 11.7. The summed E-state index contributed by atoms with van der Waals surface area (Å²) in [4.78, 5) is 26.3. The van der Waals surface area contributed by atoms with Crippen molar-refractivity contribution in [2.75, 3.05) is 35.3 Å². The number of methoxy groups -OCH3 is 1. The lowest BCUT2D eigenvalue weighted by Gasteiger charge is -2.16. The highest BCUT2D eigenvalue weighted by Crippen LogP contribution is 2.12. The van der Waals surface area contributed by atoms with Gasteiger partial charge in [0.15, 0.2) is 5.78 Å². The van der Waals surface area contributed by atoms with Crippen LogP contribution >= 0.6 is 0 Å². The second-order valence-electron chi connectivity index (χ2n) is 4.88. The summed E-state index contributed by atoms with van der Waals surface area (Å²) >= 11 is 0. The van der Waals surface area contributed by atoms with E-state index in [9.17, 15) is 9.59 Å². The molecule has 0 heterocycles. The number of ketones is 1. The van der Waals surface area contributed by atoms with E-state index in [0.717, 1.165) is 0 Å². The zero-order valence-corrected chi connectivity index (χ0v) is 13.6. The number of nitrogens with one attached hydrogen (secondary N) is 1. The number of Topliss-reactive ketones (excluding diaryl/α,β-unsaturated/α-hetero) is 1. The number of ether oxygens (including phenoxy) is 1. The Kier molecular flexibility index (Phi) is 8.73. The third kappa shape index (κ3) is 7.27. The minimum atomic E-state index is -0.629. The number of hydrogen-bond acceptors (Lipinski definition) is 4. The molecule has 0 aliphatic rings. The molecule has 0 aromatic carbocycles. The number of nitrogens with zero attached hydrogens (tertiary/aromatic N) is 1. The molecule has 5 nitrogen and oxygen atoms in total. The smallest absolute Gasteiger partial charge is 0.343 e. The Labute approximate surface area is 126 Å². The van der Waals surface area contributed by atoms with Gasteiger partial charge in [0.05, 0.1) is 33.1 Å². The van der Waals surface area contributed by atoms with Gasteiger partial charge in [0.25, 0.3) is 0 Å². The maximum Gasteiger partial charge on any atom is 0.343 e. The minimum absolute atomic E-state index is 0.0421. The number of carbonyl (C=O) groups excluding carboxylic acids is 2. The lowest BCUT2D eigenvalue weighted by Crippen LogP contribution is -3.00. The number of likely N-dealkylation sites (N-methyl/N-ethyl adjacent to an activating group) is 1. The monoisotopic (exact) mass is 293 g/mol. The first kappa shape index (κ1) is 18.9. The molecule has 0 aliphatic carbocycles. The van der Waals surface area contributed by atoms with Crippen LogP contribution in [0.15, 0.2) is 47.9 Å². The lowest BCUT2D eigenvalue weighted by molar-refractivity contribution is -0.801. The van der Waals surface area contributed by atoms with Crippen molar-refractivity contribution in [3.05, 3.63) is 47.9 Å². The molecule has 0 fully saturated rings. The molecule has 1 N–H and O–H groups in total. The van der Waals surface area contributed by atoms with Crippen LogP contribution in [0.2, 0.25) is 0 Å². The Bertz CT molecular complexity index is 484. The zero-order chi connectivity index (χ0) is 16.4. The summed E-state index contributed by atoms with van der Waals surface area (Å²) in [6.45, 7) is 1.35. The first-order valence-corrected chi connectivity index (χ1v) is 6.63. The molecule has 0 saturated heterocycles. The average Bonchev–Trinajstić information content (AvgIpc) is 2.39. The number of rotatable bonds is 7. The van der Waals surface area contributed by atoms with Crippen molar-refractivity contribution in [2.24, 2.45) is 0 Å². The molecule has 0 saturated carbocycles. The highest BCUT2D eigenvalue weighted by atomic mass is 16.5. The topological polar surface area (TPSA) is 51.1 Å². The van der Waals surface area contributed by atoms with Crippen LogP contribution in [-0.2, 0) is 14.3 Å². The Morgan fingerprint density at radius 3 is 2.05 bits per heavy atom. The quantitative estimate of drug-likeness (QED) is 0.242. The molecule has 0 rings (SSSR count). The van der Waals surface area contributed by atoms with Gasteiger partial charge in [-0.3, -0.25) is 4.79 Å². The molecule has 0 aromatic heterocycles. The van der Waals surface area contributed by atoms with E-state index >= 15 is 0 Å². The number of esters is 1. The third-order valence-corrected chi connectivity index (χ3v) is 2.50. The number of allylic oxidation sites excluding steroid dienone is 5. The fourth-order valence-electron chi connectivity index (χ4n) is 1.51. The highest BCUT2D eigenvalue weighted by Gasteiger charge is 2.20. The molecule has 0 aliphatic heterocycles. The fourth-order valence-corrected chi connectivity index (χ4v) is 1.51. The minimum Gasteiger partial charge on any atom is -0.465 e. The summed E-state index contributed by atoms with van der Waals surface area (Å²) in [5.74, 6) is -0.953. The van der Waals surface area contributed by atoms with E-state index in [2.05, 4.69) is 4.74 Å². The van der Waals surface area contributed by atoms with Gasteiger partial charge >= 0.3 is 5.97 Å². The van der Waals surface area contributed by atoms with Gasteiger partial charge in [0, 0.05) is 14.1 Å². The molecule has 0 aromatic rings. The van der Waals surface area contributed by atoms with Gasteiger partial charge in [-0.1, -0.05) is 18.2 Å². The number of quaternary nitrogens is 1. The zero-order valence-electron chi connectivity index (χ0n) is 13.6. The van der Waals surface area contributed by atoms with Crippen molar-refractivity contribution in [3.8, 4) is 0 Å². The Morgan fingerprint density at radius 1 is 1.05 bits per heavy atom. The van der Waals surface area contributed by atoms with Crippen LogP contribution in [0.1, 0.15) is 6.92 Å². The van der Waals surface area contributed by atoms with E-state index in [1.165, 1.54) is 18.9 Å². The van der Waals surface area contributed by atoms with Crippen molar-refractivity contribution in [2.45, 2.75) is 6.92 Å². The molecular formula is C16H25N2O3+. The second kappa shape index (κ2) is 9.72. The Balaban J connectivity index is 5.31. The summed E-state index contributed by atoms with van der Waals surface area (Å²) in [6.07, 6.45) is 11.1. The summed E-state index contributed by atoms with van der Waals surface area (Å²) in [6, 6.07) is 0. The van der Waals surface area contributed by atoms with Crippen LogP contribution in [0.3, 0.4) is 0 Å². The summed E-state index contributed by atoms with van der Waals surface area (Å²) in [5.41, 5.74) is 0.557. The Hall–Kier alpha value is -2.14. The molecule has 0 amide bonds. The predicted molar refractivity (Wildman–Crippen MR) is 83.6 cm³/mol. The van der Waals surface area contributed by atoms with Crippen molar-refractivity contribution >= 4 is 11.8 Å². The van der Waals surface area contributed by atoms with Crippen molar-refractivity contribution in [1.82, 2.24) is 4.90 Å². The molecule has 0 unspecified atom stereocenters. The van der Waals surface area contributed by atoms with Crippen LogP contribution in [-0.4, -0.2) is 52.0 Å². The van der Waals surface area contributed by atoms with E-state index in [4.69, 9.17) is 0 Å². The maximum absolute atomic E-state index is 11.7. The largest absolute Gasteiger partial charge is 0.465 e. The van der Waals surface area contributed by atoms with Crippen LogP contribution in [0.25, 0.3) is 0 Å². The van der Waals surface area contributed by atoms with Crippen molar-refractivity contribution in [3.63, 3.8) is 0 Å². The third-order valence-electron chi connectivity index (χ3n) is 2.50. The normalized spacial score (nSPS) is 13.3. The number of hydrogen-bond donors (Lipinski definition) is 1. The average molecular weight is 293 g/mol. The van der Waals surface area contributed by atoms with Gasteiger partial charge in [0.1, 0.15) is 5.57 Å². The van der Waals surface area contributed by atoms with E-state index in [0.29, 0.717) is 5.70 Å². The summed E-state index contributed by atoms with van der Waals surface area (Å²) in [7, 11) is 8.83. The summed E-state index contributed by atoms with van der Waals surface area (Å²) < 4.78 is 4.67. The molecular weight excluding hydrogens is 268 g/mol. The molecule has 0 bridgehead atoms. The second-order valence-corrected chi connectivity index (χ2v) is 4.88. The molecule has 116 valence electrons. The van der Waals surface area contributed by atoms with E-state index in [1.807, 2.05) is 38.5 Å². The van der Waals surface area contributed by atoms with Gasteiger partial charge in [-0.05, 0) is 19.1 Å². The SMILES string of the molecule is COC(=O)\C(C(C)=O)=C(/C=C/C=C/C=C/[NH+](C)C)N(C)C. The first-order valence-electron chi connectivity index (χ1n) is 6.63. The van der Waals surface area contributed by atoms with Gasteiger partial charge in [-0.15, -0.1) is 0 Å². The van der Waals surface area contributed by atoms with Gasteiger partial charge < -0.3 is 14.5 Å². The van der Waals surface area contributed by atoms with E-state index in [1.54, 1.807) is 31.1 Å². The Morgan fingerprint density at radius 2 is 1.62 bits per heavy atom. The molecule has 21 heavy (non-hydrogen) atoms. The van der Waals surface area contributed by atoms with Gasteiger partial charge in [-0.25, -0.2) is 4.79 Å². The van der Waals surface area contributed by atoms with Crippen LogP contribution in [0.5, 0.6) is 0 Å². The lowest BCUT2D eigenvalue weighted by atomic mass is 10.1.